The monoisotopic (exact) mass is 200 g/mol. The van der Waals surface area contributed by atoms with Crippen LogP contribution in [0.4, 0.5) is 0 Å². The Morgan fingerprint density at radius 3 is 2.29 bits per heavy atom. The third-order valence-electron chi connectivity index (χ3n) is 2.88. The Labute approximate surface area is 83.2 Å². The zero-order valence-electron chi connectivity index (χ0n) is 8.53. The molecule has 2 fully saturated rings. The summed E-state index contributed by atoms with van der Waals surface area (Å²) in [4.78, 5) is 10.5. The number of hydrogen-bond donors (Lipinski definition) is 1. The minimum Gasteiger partial charge on any atom is -0.481 e. The van der Waals surface area contributed by atoms with Crippen LogP contribution in [0.2, 0.25) is 0 Å². The van der Waals surface area contributed by atoms with E-state index in [1.54, 1.807) is 0 Å². The van der Waals surface area contributed by atoms with Gasteiger partial charge in [-0.25, -0.2) is 0 Å². The van der Waals surface area contributed by atoms with Gasteiger partial charge < -0.3 is 14.6 Å². The number of carbonyl (C=O) groups is 1. The number of rotatable bonds is 2. The van der Waals surface area contributed by atoms with Crippen molar-refractivity contribution in [2.75, 3.05) is 0 Å². The van der Waals surface area contributed by atoms with E-state index in [1.165, 1.54) is 0 Å². The zero-order valence-corrected chi connectivity index (χ0v) is 8.53. The number of hydrogen-bond acceptors (Lipinski definition) is 3. The van der Waals surface area contributed by atoms with Crippen LogP contribution in [0.25, 0.3) is 0 Å². The average molecular weight is 200 g/mol. The van der Waals surface area contributed by atoms with Gasteiger partial charge in [-0.3, -0.25) is 4.79 Å². The molecule has 0 bridgehead atoms. The predicted octanol–water partition coefficient (Wildman–Crippen LogP) is 1.39. The second-order valence-corrected chi connectivity index (χ2v) is 4.65. The molecule has 14 heavy (non-hydrogen) atoms. The summed E-state index contributed by atoms with van der Waals surface area (Å²) in [5, 5.41) is 8.66. The van der Waals surface area contributed by atoms with E-state index in [0.717, 1.165) is 12.8 Å². The molecule has 80 valence electrons. The molecule has 1 aliphatic carbocycles. The first-order valence-electron chi connectivity index (χ1n) is 5.04. The highest BCUT2D eigenvalue weighted by Crippen LogP contribution is 2.41. The van der Waals surface area contributed by atoms with E-state index in [2.05, 4.69) is 0 Å². The average Bonchev–Trinajstić information content (AvgIpc) is 2.38. The molecule has 1 saturated carbocycles. The summed E-state index contributed by atoms with van der Waals surface area (Å²) in [6, 6.07) is 0. The summed E-state index contributed by atoms with van der Waals surface area (Å²) in [6.07, 6.45) is 2.09. The van der Waals surface area contributed by atoms with Gasteiger partial charge in [-0.15, -0.1) is 0 Å². The lowest BCUT2D eigenvalue weighted by molar-refractivity contribution is -0.155. The van der Waals surface area contributed by atoms with Gasteiger partial charge in [0.1, 0.15) is 0 Å². The molecule has 1 heterocycles. The quantitative estimate of drug-likeness (QED) is 0.731. The Balaban J connectivity index is 1.90. The Hall–Kier alpha value is -0.610. The SMILES string of the molecule is CC1(C)OC2CC(CC(=O)O)CC2O1. The molecule has 4 nitrogen and oxygen atoms in total. The van der Waals surface area contributed by atoms with Gasteiger partial charge in [0.25, 0.3) is 0 Å². The molecule has 0 aromatic carbocycles. The van der Waals surface area contributed by atoms with Crippen LogP contribution < -0.4 is 0 Å². The first-order valence-corrected chi connectivity index (χ1v) is 5.04. The van der Waals surface area contributed by atoms with Gasteiger partial charge in [0.05, 0.1) is 12.2 Å². The van der Waals surface area contributed by atoms with Gasteiger partial charge in [0.15, 0.2) is 5.79 Å². The fraction of sp³-hybridized carbons (Fsp3) is 0.900. The van der Waals surface area contributed by atoms with Gasteiger partial charge in [-0.2, -0.15) is 0 Å². The van der Waals surface area contributed by atoms with E-state index in [0.29, 0.717) is 0 Å². The van der Waals surface area contributed by atoms with Crippen LogP contribution in [0.3, 0.4) is 0 Å². The smallest absolute Gasteiger partial charge is 0.303 e. The molecular formula is C10H16O4. The predicted molar refractivity (Wildman–Crippen MR) is 48.8 cm³/mol. The molecular weight excluding hydrogens is 184 g/mol. The van der Waals surface area contributed by atoms with Crippen molar-refractivity contribution in [3.05, 3.63) is 0 Å². The Morgan fingerprint density at radius 1 is 1.36 bits per heavy atom. The molecule has 0 radical (unpaired) electrons. The van der Waals surface area contributed by atoms with E-state index in [-0.39, 0.29) is 24.5 Å². The Bertz CT molecular complexity index is 233. The maximum absolute atomic E-state index is 10.5. The Kier molecular flexibility index (Phi) is 2.27. The summed E-state index contributed by atoms with van der Waals surface area (Å²) < 4.78 is 11.3. The number of fused-ring (bicyclic) bond motifs is 1. The molecule has 0 aromatic rings. The summed E-state index contributed by atoms with van der Waals surface area (Å²) >= 11 is 0. The minimum atomic E-state index is -0.728. The van der Waals surface area contributed by atoms with Crippen LogP contribution in [0.1, 0.15) is 33.1 Å². The second-order valence-electron chi connectivity index (χ2n) is 4.65. The molecule has 4 heteroatoms. The van der Waals surface area contributed by atoms with E-state index < -0.39 is 11.8 Å². The number of ether oxygens (including phenoxy) is 2. The van der Waals surface area contributed by atoms with Crippen molar-refractivity contribution >= 4 is 5.97 Å². The summed E-state index contributed by atoms with van der Waals surface area (Å²) in [5.74, 6) is -0.989. The fourth-order valence-electron chi connectivity index (χ4n) is 2.48. The van der Waals surface area contributed by atoms with E-state index >= 15 is 0 Å². The summed E-state index contributed by atoms with van der Waals surface area (Å²) in [5.41, 5.74) is 0. The largest absolute Gasteiger partial charge is 0.481 e. The minimum absolute atomic E-state index is 0.106. The van der Waals surface area contributed by atoms with E-state index in [4.69, 9.17) is 14.6 Å². The van der Waals surface area contributed by atoms with Gasteiger partial charge in [0, 0.05) is 6.42 Å². The topological polar surface area (TPSA) is 55.8 Å². The number of carboxylic acids is 1. The molecule has 2 unspecified atom stereocenters. The molecule has 1 saturated heterocycles. The molecule has 1 aliphatic heterocycles. The summed E-state index contributed by atoms with van der Waals surface area (Å²) in [7, 11) is 0. The van der Waals surface area contributed by atoms with Crippen LogP contribution in [-0.2, 0) is 14.3 Å². The second kappa shape index (κ2) is 3.21. The normalized spacial score (nSPS) is 39.7. The van der Waals surface area contributed by atoms with Gasteiger partial charge >= 0.3 is 5.97 Å². The third-order valence-corrected chi connectivity index (χ3v) is 2.88. The van der Waals surface area contributed by atoms with Gasteiger partial charge in [-0.1, -0.05) is 0 Å². The highest BCUT2D eigenvalue weighted by Gasteiger charge is 2.47. The molecule has 2 rings (SSSR count). The van der Waals surface area contributed by atoms with E-state index in [1.807, 2.05) is 13.8 Å². The fourth-order valence-corrected chi connectivity index (χ4v) is 2.48. The molecule has 0 spiro atoms. The van der Waals surface area contributed by atoms with Crippen LogP contribution >= 0.6 is 0 Å². The van der Waals surface area contributed by atoms with E-state index in [9.17, 15) is 4.79 Å². The van der Waals surface area contributed by atoms with Crippen molar-refractivity contribution in [1.82, 2.24) is 0 Å². The van der Waals surface area contributed by atoms with Crippen molar-refractivity contribution in [1.29, 1.82) is 0 Å². The highest BCUT2D eigenvalue weighted by atomic mass is 16.8. The number of carboxylic acid groups (broad SMARTS) is 1. The first kappa shape index (κ1) is 9.93. The zero-order chi connectivity index (χ0) is 10.3. The Morgan fingerprint density at radius 2 is 1.86 bits per heavy atom. The van der Waals surface area contributed by atoms with Crippen molar-refractivity contribution in [3.63, 3.8) is 0 Å². The molecule has 0 aromatic heterocycles. The highest BCUT2D eigenvalue weighted by molar-refractivity contribution is 5.67. The van der Waals surface area contributed by atoms with Crippen LogP contribution in [0, 0.1) is 5.92 Å². The van der Waals surface area contributed by atoms with Crippen LogP contribution in [0.5, 0.6) is 0 Å². The summed E-state index contributed by atoms with van der Waals surface area (Å²) in [6.45, 7) is 3.80. The van der Waals surface area contributed by atoms with Crippen LogP contribution in [0.15, 0.2) is 0 Å². The molecule has 1 N–H and O–H groups in total. The molecule has 2 aliphatic rings. The maximum atomic E-state index is 10.5. The van der Waals surface area contributed by atoms with Gasteiger partial charge in [-0.05, 0) is 32.6 Å². The lowest BCUT2D eigenvalue weighted by Gasteiger charge is -2.19. The standard InChI is InChI=1S/C10H16O4/c1-10(2)13-7-3-6(5-9(11)12)4-8(7)14-10/h6-8H,3-5H2,1-2H3,(H,11,12). The van der Waals surface area contributed by atoms with Gasteiger partial charge in [0.2, 0.25) is 0 Å². The van der Waals surface area contributed by atoms with Crippen molar-refractivity contribution in [2.24, 2.45) is 5.92 Å². The molecule has 0 amide bonds. The van der Waals surface area contributed by atoms with Crippen molar-refractivity contribution in [3.8, 4) is 0 Å². The van der Waals surface area contributed by atoms with Crippen LogP contribution in [-0.4, -0.2) is 29.1 Å². The maximum Gasteiger partial charge on any atom is 0.303 e. The first-order chi connectivity index (χ1) is 6.46. The lowest BCUT2D eigenvalue weighted by atomic mass is 10.0. The third kappa shape index (κ3) is 1.91. The van der Waals surface area contributed by atoms with Crippen molar-refractivity contribution < 1.29 is 19.4 Å². The number of aliphatic carboxylic acids is 1. The van der Waals surface area contributed by atoms with Crippen molar-refractivity contribution in [2.45, 2.75) is 51.1 Å². The molecule has 2 atom stereocenters. The lowest BCUT2D eigenvalue weighted by Crippen LogP contribution is -2.23.